The van der Waals surface area contributed by atoms with Gasteiger partial charge in [-0.05, 0) is 49.6 Å². The van der Waals surface area contributed by atoms with E-state index in [0.717, 1.165) is 30.5 Å². The number of hydrogen-bond donors (Lipinski definition) is 1. The molecule has 23 heavy (non-hydrogen) atoms. The second-order valence-corrected chi connectivity index (χ2v) is 6.36. The lowest BCUT2D eigenvalue weighted by molar-refractivity contribution is -0.125. The van der Waals surface area contributed by atoms with Crippen molar-refractivity contribution in [1.82, 2.24) is 0 Å². The van der Waals surface area contributed by atoms with Gasteiger partial charge in [0.15, 0.2) is 0 Å². The average Bonchev–Trinajstić information content (AvgIpc) is 2.56. The van der Waals surface area contributed by atoms with Crippen LogP contribution in [0, 0.1) is 18.7 Å². The molecule has 0 saturated heterocycles. The number of carbonyl (C=O) groups is 1. The number of carbonyl (C=O) groups excluding carboxylic acids is 1. The van der Waals surface area contributed by atoms with Crippen LogP contribution in [0.2, 0.25) is 0 Å². The molecule has 1 N–H and O–H groups in total. The lowest BCUT2D eigenvalue weighted by Gasteiger charge is -2.31. The van der Waals surface area contributed by atoms with Crippen LogP contribution in [-0.4, -0.2) is 5.78 Å². The number of nitrogens with one attached hydrogen (secondary N) is 1. The molecule has 0 aliphatic heterocycles. The topological polar surface area (TPSA) is 29.1 Å². The predicted molar refractivity (Wildman–Crippen MR) is 90.9 cm³/mol. The highest BCUT2D eigenvalue weighted by Gasteiger charge is 2.31. The quantitative estimate of drug-likeness (QED) is 0.856. The maximum atomic E-state index is 13.3. The number of anilines is 1. The normalized spacial score (nSPS) is 19.4. The molecule has 0 heterocycles. The highest BCUT2D eigenvalue weighted by molar-refractivity contribution is 5.83. The summed E-state index contributed by atoms with van der Waals surface area (Å²) in [4.78, 5) is 12.4. The van der Waals surface area contributed by atoms with E-state index in [2.05, 4.69) is 5.32 Å². The van der Waals surface area contributed by atoms with E-state index in [0.29, 0.717) is 12.2 Å². The molecule has 2 atom stereocenters. The minimum atomic E-state index is -0.252. The SMILES string of the molecule is Cc1ccc(N[C@H](c2ccc(F)cc2)[C@H]2CCCCC2=O)cc1. The van der Waals surface area contributed by atoms with Crippen LogP contribution >= 0.6 is 0 Å². The largest absolute Gasteiger partial charge is 0.378 e. The van der Waals surface area contributed by atoms with Gasteiger partial charge in [-0.2, -0.15) is 0 Å². The minimum absolute atomic E-state index is 0.0458. The predicted octanol–water partition coefficient (Wildman–Crippen LogP) is 5.05. The molecule has 120 valence electrons. The summed E-state index contributed by atoms with van der Waals surface area (Å²) in [5, 5.41) is 3.50. The van der Waals surface area contributed by atoms with E-state index in [-0.39, 0.29) is 17.8 Å². The van der Waals surface area contributed by atoms with Crippen molar-refractivity contribution in [3.8, 4) is 0 Å². The summed E-state index contributed by atoms with van der Waals surface area (Å²) < 4.78 is 13.3. The van der Waals surface area contributed by atoms with Crippen LogP contribution in [0.25, 0.3) is 0 Å². The zero-order chi connectivity index (χ0) is 16.2. The molecule has 3 rings (SSSR count). The van der Waals surface area contributed by atoms with Crippen LogP contribution in [0.5, 0.6) is 0 Å². The van der Waals surface area contributed by atoms with Gasteiger partial charge in [-0.3, -0.25) is 4.79 Å². The smallest absolute Gasteiger partial charge is 0.138 e. The highest BCUT2D eigenvalue weighted by atomic mass is 19.1. The maximum Gasteiger partial charge on any atom is 0.138 e. The second kappa shape index (κ2) is 6.95. The van der Waals surface area contributed by atoms with Crippen LogP contribution in [-0.2, 0) is 4.79 Å². The summed E-state index contributed by atoms with van der Waals surface area (Å²) in [6.45, 7) is 2.05. The molecule has 0 spiro atoms. The molecule has 3 heteroatoms. The lowest BCUT2D eigenvalue weighted by atomic mass is 9.80. The maximum absolute atomic E-state index is 13.3. The van der Waals surface area contributed by atoms with Gasteiger partial charge in [0.25, 0.3) is 0 Å². The molecule has 1 aliphatic carbocycles. The number of aryl methyl sites for hydroxylation is 1. The number of halogens is 1. The van der Waals surface area contributed by atoms with E-state index in [9.17, 15) is 9.18 Å². The zero-order valence-corrected chi connectivity index (χ0v) is 13.4. The Bertz CT molecular complexity index is 663. The average molecular weight is 311 g/mol. The fraction of sp³-hybridized carbons (Fsp3) is 0.350. The number of Topliss-reactive ketones (excluding diaryl/α,β-unsaturated/α-hetero) is 1. The second-order valence-electron chi connectivity index (χ2n) is 6.36. The fourth-order valence-corrected chi connectivity index (χ4v) is 3.28. The first-order valence-corrected chi connectivity index (χ1v) is 8.25. The standard InChI is InChI=1S/C20H22FNO/c1-14-6-12-17(13-7-14)22-20(15-8-10-16(21)11-9-15)18-4-2-3-5-19(18)23/h6-13,18,20,22H,2-5H2,1H3/t18-,20+/m0/s1. The van der Waals surface area contributed by atoms with E-state index in [4.69, 9.17) is 0 Å². The molecular weight excluding hydrogens is 289 g/mol. The van der Waals surface area contributed by atoms with Crippen molar-refractivity contribution in [3.63, 3.8) is 0 Å². The Morgan fingerprint density at radius 3 is 2.39 bits per heavy atom. The van der Waals surface area contributed by atoms with Crippen molar-refractivity contribution in [2.24, 2.45) is 5.92 Å². The van der Waals surface area contributed by atoms with Crippen molar-refractivity contribution >= 4 is 11.5 Å². The number of benzene rings is 2. The van der Waals surface area contributed by atoms with Gasteiger partial charge >= 0.3 is 0 Å². The number of ketones is 1. The van der Waals surface area contributed by atoms with E-state index in [1.807, 2.05) is 31.2 Å². The third-order valence-corrected chi connectivity index (χ3v) is 4.61. The van der Waals surface area contributed by atoms with Gasteiger partial charge in [-0.15, -0.1) is 0 Å². The van der Waals surface area contributed by atoms with E-state index >= 15 is 0 Å². The Balaban J connectivity index is 1.90. The Labute approximate surface area is 136 Å². The fourth-order valence-electron chi connectivity index (χ4n) is 3.28. The van der Waals surface area contributed by atoms with Gasteiger partial charge in [-0.25, -0.2) is 4.39 Å². The Hall–Kier alpha value is -2.16. The minimum Gasteiger partial charge on any atom is -0.378 e. The van der Waals surface area contributed by atoms with E-state index in [1.165, 1.54) is 17.7 Å². The van der Waals surface area contributed by atoms with Gasteiger partial charge in [-0.1, -0.05) is 36.2 Å². The van der Waals surface area contributed by atoms with Crippen LogP contribution in [0.3, 0.4) is 0 Å². The van der Waals surface area contributed by atoms with Gasteiger partial charge in [0.2, 0.25) is 0 Å². The number of hydrogen-bond acceptors (Lipinski definition) is 2. The summed E-state index contributed by atoms with van der Waals surface area (Å²) >= 11 is 0. The number of rotatable bonds is 4. The highest BCUT2D eigenvalue weighted by Crippen LogP contribution is 2.35. The van der Waals surface area contributed by atoms with Gasteiger partial charge in [0, 0.05) is 18.0 Å². The summed E-state index contributed by atoms with van der Waals surface area (Å²) in [5.41, 5.74) is 3.15. The molecule has 1 fully saturated rings. The molecule has 0 unspecified atom stereocenters. The van der Waals surface area contributed by atoms with Crippen molar-refractivity contribution in [3.05, 3.63) is 65.5 Å². The summed E-state index contributed by atoms with van der Waals surface area (Å²) in [6, 6.07) is 14.5. The van der Waals surface area contributed by atoms with Crippen LogP contribution < -0.4 is 5.32 Å². The van der Waals surface area contributed by atoms with E-state index in [1.54, 1.807) is 12.1 Å². The van der Waals surface area contributed by atoms with Crippen molar-refractivity contribution < 1.29 is 9.18 Å². The molecule has 0 amide bonds. The molecule has 2 aromatic carbocycles. The van der Waals surface area contributed by atoms with Crippen LogP contribution in [0.4, 0.5) is 10.1 Å². The molecule has 2 aromatic rings. The summed E-state index contributed by atoms with van der Waals surface area (Å²) in [7, 11) is 0. The molecule has 0 aromatic heterocycles. The van der Waals surface area contributed by atoms with Crippen LogP contribution in [0.15, 0.2) is 48.5 Å². The first kappa shape index (κ1) is 15.7. The molecule has 0 bridgehead atoms. The molecule has 1 saturated carbocycles. The van der Waals surface area contributed by atoms with Gasteiger partial charge in [0.1, 0.15) is 11.6 Å². The van der Waals surface area contributed by atoms with Crippen molar-refractivity contribution in [2.75, 3.05) is 5.32 Å². The first-order valence-electron chi connectivity index (χ1n) is 8.25. The first-order chi connectivity index (χ1) is 11.1. The third-order valence-electron chi connectivity index (χ3n) is 4.61. The molecule has 2 nitrogen and oxygen atoms in total. The van der Waals surface area contributed by atoms with Crippen molar-refractivity contribution in [2.45, 2.75) is 38.6 Å². The van der Waals surface area contributed by atoms with E-state index < -0.39 is 0 Å². The van der Waals surface area contributed by atoms with Crippen LogP contribution in [0.1, 0.15) is 42.9 Å². The molecule has 0 radical (unpaired) electrons. The monoisotopic (exact) mass is 311 g/mol. The summed E-state index contributed by atoms with van der Waals surface area (Å²) in [6.07, 6.45) is 3.59. The van der Waals surface area contributed by atoms with Gasteiger partial charge < -0.3 is 5.32 Å². The Morgan fingerprint density at radius 2 is 1.74 bits per heavy atom. The molecular formula is C20H22FNO. The molecule has 1 aliphatic rings. The van der Waals surface area contributed by atoms with Crippen molar-refractivity contribution in [1.29, 1.82) is 0 Å². The van der Waals surface area contributed by atoms with Gasteiger partial charge in [0.05, 0.1) is 6.04 Å². The Kier molecular flexibility index (Phi) is 4.75. The third kappa shape index (κ3) is 3.79. The zero-order valence-electron chi connectivity index (χ0n) is 13.4. The Morgan fingerprint density at radius 1 is 1.04 bits per heavy atom. The lowest BCUT2D eigenvalue weighted by Crippen LogP contribution is -2.30. The summed E-state index contributed by atoms with van der Waals surface area (Å²) in [5.74, 6) is 0.0125.